The predicted octanol–water partition coefficient (Wildman–Crippen LogP) is 3.01. The zero-order valence-electron chi connectivity index (χ0n) is 12.7. The summed E-state index contributed by atoms with van der Waals surface area (Å²) in [5, 5.41) is 6.35. The molecule has 0 amide bonds. The van der Waals surface area contributed by atoms with Gasteiger partial charge in [0.25, 0.3) is 0 Å². The van der Waals surface area contributed by atoms with E-state index in [1.54, 1.807) is 0 Å². The van der Waals surface area contributed by atoms with Crippen molar-refractivity contribution in [1.82, 2.24) is 5.32 Å². The van der Waals surface area contributed by atoms with E-state index in [1.165, 1.54) is 24.3 Å². The van der Waals surface area contributed by atoms with Crippen LogP contribution < -0.4 is 10.6 Å². The molecule has 1 aliphatic rings. The van der Waals surface area contributed by atoms with Gasteiger partial charge in [-0.05, 0) is 48.4 Å². The Bertz CT molecular complexity index is 708. The third kappa shape index (κ3) is 4.16. The topological polar surface area (TPSA) is 53.5 Å². The van der Waals surface area contributed by atoms with Crippen LogP contribution in [-0.4, -0.2) is 24.8 Å². The Balaban J connectivity index is 1.53. The molecule has 0 aliphatic carbocycles. The van der Waals surface area contributed by atoms with Crippen LogP contribution in [0.3, 0.4) is 0 Å². The maximum atomic E-state index is 12.9. The minimum atomic E-state index is -0.328. The molecule has 2 aromatic carbocycles. The van der Waals surface area contributed by atoms with Crippen molar-refractivity contribution in [2.24, 2.45) is 4.99 Å². The molecule has 0 saturated heterocycles. The molecule has 2 N–H and O–H groups in total. The fourth-order valence-electron chi connectivity index (χ4n) is 2.41. The van der Waals surface area contributed by atoms with Crippen molar-refractivity contribution < 1.29 is 9.18 Å². The van der Waals surface area contributed by atoms with Gasteiger partial charge < -0.3 is 10.6 Å². The molecule has 0 unspecified atom stereocenters. The molecular weight excluding hydrogens is 293 g/mol. The van der Waals surface area contributed by atoms with Crippen molar-refractivity contribution in [3.63, 3.8) is 0 Å². The number of benzene rings is 2. The van der Waals surface area contributed by atoms with Crippen molar-refractivity contribution in [1.29, 1.82) is 0 Å². The quantitative estimate of drug-likeness (QED) is 0.835. The van der Waals surface area contributed by atoms with E-state index >= 15 is 0 Å². The first kappa shape index (κ1) is 15.2. The lowest BCUT2D eigenvalue weighted by molar-refractivity contribution is 0.0983. The van der Waals surface area contributed by atoms with Gasteiger partial charge in [-0.1, -0.05) is 12.1 Å². The van der Waals surface area contributed by atoms with Crippen LogP contribution in [0.15, 0.2) is 53.5 Å². The van der Waals surface area contributed by atoms with Crippen LogP contribution in [0.1, 0.15) is 22.3 Å². The Hall–Kier alpha value is -2.69. The molecule has 0 aromatic heterocycles. The predicted molar refractivity (Wildman–Crippen MR) is 89.4 cm³/mol. The first-order valence-corrected chi connectivity index (χ1v) is 7.64. The van der Waals surface area contributed by atoms with Gasteiger partial charge in [0.1, 0.15) is 5.82 Å². The fourth-order valence-corrected chi connectivity index (χ4v) is 2.41. The zero-order chi connectivity index (χ0) is 16.1. The molecule has 1 heterocycles. The van der Waals surface area contributed by atoms with Crippen LogP contribution >= 0.6 is 0 Å². The molecule has 23 heavy (non-hydrogen) atoms. The van der Waals surface area contributed by atoms with Crippen LogP contribution in [0.5, 0.6) is 0 Å². The van der Waals surface area contributed by atoms with Crippen molar-refractivity contribution >= 4 is 17.4 Å². The molecule has 3 rings (SSSR count). The summed E-state index contributed by atoms with van der Waals surface area (Å²) >= 11 is 0. The van der Waals surface area contributed by atoms with E-state index in [1.807, 2.05) is 24.3 Å². The highest BCUT2D eigenvalue weighted by molar-refractivity contribution is 5.96. The van der Waals surface area contributed by atoms with Gasteiger partial charge >= 0.3 is 0 Å². The molecule has 0 radical (unpaired) electrons. The summed E-state index contributed by atoms with van der Waals surface area (Å²) in [4.78, 5) is 16.3. The molecule has 4 nitrogen and oxygen atoms in total. The Kier molecular flexibility index (Phi) is 4.66. The molecule has 0 fully saturated rings. The number of carbonyl (C=O) groups is 1. The number of carbonyl (C=O) groups excluding carboxylic acids is 1. The second kappa shape index (κ2) is 7.05. The van der Waals surface area contributed by atoms with Gasteiger partial charge in [-0.2, -0.15) is 0 Å². The zero-order valence-corrected chi connectivity index (χ0v) is 12.7. The third-order valence-electron chi connectivity index (χ3n) is 3.70. The minimum absolute atomic E-state index is 0.0247. The van der Waals surface area contributed by atoms with E-state index in [4.69, 9.17) is 0 Å². The molecule has 0 saturated carbocycles. The van der Waals surface area contributed by atoms with Gasteiger partial charge in [-0.3, -0.25) is 9.79 Å². The van der Waals surface area contributed by atoms with Crippen LogP contribution in [0.2, 0.25) is 0 Å². The lowest BCUT2D eigenvalue weighted by Crippen LogP contribution is -2.26. The molecule has 2 aromatic rings. The van der Waals surface area contributed by atoms with E-state index < -0.39 is 0 Å². The summed E-state index contributed by atoms with van der Waals surface area (Å²) in [6.45, 7) is 1.66. The van der Waals surface area contributed by atoms with Gasteiger partial charge in [0.05, 0.1) is 6.54 Å². The van der Waals surface area contributed by atoms with Crippen LogP contribution in [0.4, 0.5) is 10.1 Å². The van der Waals surface area contributed by atoms with Gasteiger partial charge in [0.15, 0.2) is 11.7 Å². The minimum Gasteiger partial charge on any atom is -0.354 e. The summed E-state index contributed by atoms with van der Waals surface area (Å²) in [5.41, 5.74) is 2.61. The van der Waals surface area contributed by atoms with Crippen molar-refractivity contribution in [3.05, 3.63) is 65.5 Å². The summed E-state index contributed by atoms with van der Waals surface area (Å²) in [6, 6.07) is 13.6. The molecule has 0 atom stereocenters. The lowest BCUT2D eigenvalue weighted by Gasteiger charge is -2.07. The first-order chi connectivity index (χ1) is 11.2. The number of nitrogens with zero attached hydrogens (tertiary/aromatic N) is 1. The molecule has 118 valence electrons. The number of rotatable bonds is 5. The summed E-state index contributed by atoms with van der Waals surface area (Å²) in [7, 11) is 0. The van der Waals surface area contributed by atoms with Crippen molar-refractivity contribution in [2.45, 2.75) is 12.8 Å². The van der Waals surface area contributed by atoms with Crippen molar-refractivity contribution in [3.8, 4) is 0 Å². The number of halogens is 1. The molecule has 0 spiro atoms. The maximum Gasteiger partial charge on any atom is 0.195 e. The van der Waals surface area contributed by atoms with Crippen LogP contribution in [0.25, 0.3) is 0 Å². The number of Topliss-reactive ketones (excluding diaryl/α,β-unsaturated/α-hetero) is 1. The Morgan fingerprint density at radius 2 is 1.87 bits per heavy atom. The highest BCUT2D eigenvalue weighted by Gasteiger charge is 2.07. The Morgan fingerprint density at radius 1 is 1.13 bits per heavy atom. The molecule has 5 heteroatoms. The highest BCUT2D eigenvalue weighted by Crippen LogP contribution is 2.13. The van der Waals surface area contributed by atoms with E-state index in [2.05, 4.69) is 15.6 Å². The monoisotopic (exact) mass is 311 g/mol. The van der Waals surface area contributed by atoms with E-state index in [0.29, 0.717) is 18.4 Å². The van der Waals surface area contributed by atoms with E-state index in [0.717, 1.165) is 30.3 Å². The number of ketones is 1. The SMILES string of the molecule is O=C(CCc1ccc(NC2=NCCN2)cc1)c1ccc(F)cc1. The summed E-state index contributed by atoms with van der Waals surface area (Å²) in [5.74, 6) is 0.493. The second-order valence-corrected chi connectivity index (χ2v) is 5.41. The number of nitrogens with one attached hydrogen (secondary N) is 2. The fraction of sp³-hybridized carbons (Fsp3) is 0.222. The number of hydrogen-bond donors (Lipinski definition) is 2. The van der Waals surface area contributed by atoms with Crippen molar-refractivity contribution in [2.75, 3.05) is 18.4 Å². The van der Waals surface area contributed by atoms with Gasteiger partial charge in [0, 0.05) is 24.2 Å². The standard InChI is InChI=1S/C18H18FN3O/c19-15-6-4-14(5-7-15)17(23)10-3-13-1-8-16(9-2-13)22-18-20-11-12-21-18/h1-2,4-9H,3,10-12H2,(H2,20,21,22). The number of aliphatic imine (C=N–C) groups is 1. The Morgan fingerprint density at radius 3 is 2.52 bits per heavy atom. The number of guanidine groups is 1. The van der Waals surface area contributed by atoms with Gasteiger partial charge in [-0.15, -0.1) is 0 Å². The van der Waals surface area contributed by atoms with Crippen LogP contribution in [-0.2, 0) is 6.42 Å². The summed E-state index contributed by atoms with van der Waals surface area (Å²) in [6.07, 6.45) is 1.07. The smallest absolute Gasteiger partial charge is 0.195 e. The van der Waals surface area contributed by atoms with E-state index in [-0.39, 0.29) is 11.6 Å². The van der Waals surface area contributed by atoms with Gasteiger partial charge in [0.2, 0.25) is 0 Å². The highest BCUT2D eigenvalue weighted by atomic mass is 19.1. The molecule has 0 bridgehead atoms. The second-order valence-electron chi connectivity index (χ2n) is 5.41. The normalized spacial score (nSPS) is 13.3. The maximum absolute atomic E-state index is 12.9. The molecule has 1 aliphatic heterocycles. The lowest BCUT2D eigenvalue weighted by atomic mass is 10.0. The average molecular weight is 311 g/mol. The molecular formula is C18H18FN3O. The van der Waals surface area contributed by atoms with E-state index in [9.17, 15) is 9.18 Å². The Labute approximate surface area is 134 Å². The van der Waals surface area contributed by atoms with Crippen LogP contribution in [0, 0.1) is 5.82 Å². The number of aryl methyl sites for hydroxylation is 1. The first-order valence-electron chi connectivity index (χ1n) is 7.64. The largest absolute Gasteiger partial charge is 0.354 e. The number of hydrogen-bond acceptors (Lipinski definition) is 4. The average Bonchev–Trinajstić information content (AvgIpc) is 3.07. The van der Waals surface area contributed by atoms with Gasteiger partial charge in [-0.25, -0.2) is 4.39 Å². The number of anilines is 1. The summed E-state index contributed by atoms with van der Waals surface area (Å²) < 4.78 is 12.9. The third-order valence-corrected chi connectivity index (χ3v) is 3.70.